The van der Waals surface area contributed by atoms with E-state index in [1.165, 1.54) is 0 Å². The summed E-state index contributed by atoms with van der Waals surface area (Å²) in [5.74, 6) is 0.907. The molecule has 0 aliphatic carbocycles. The summed E-state index contributed by atoms with van der Waals surface area (Å²) in [5.41, 5.74) is 8.77. The molecule has 2 rings (SSSR count). The molecule has 0 saturated carbocycles. The van der Waals surface area contributed by atoms with Crippen LogP contribution < -0.4 is 10.5 Å². The van der Waals surface area contributed by atoms with Crippen molar-refractivity contribution < 1.29 is 4.74 Å². The lowest BCUT2D eigenvalue weighted by Crippen LogP contribution is -2.17. The van der Waals surface area contributed by atoms with Crippen LogP contribution in [-0.4, -0.2) is 19.1 Å². The molecule has 2 aromatic carbocycles. The van der Waals surface area contributed by atoms with Crippen LogP contribution in [0.4, 0.5) is 5.69 Å². The maximum absolute atomic E-state index is 6.02. The number of para-hydroxylation sites is 1. The smallest absolute Gasteiger partial charge is 0.123 e. The van der Waals surface area contributed by atoms with Gasteiger partial charge in [-0.3, -0.25) is 4.90 Å². The summed E-state index contributed by atoms with van der Waals surface area (Å²) in [6.45, 7) is 1.58. The summed E-state index contributed by atoms with van der Waals surface area (Å²) < 4.78 is 5.37. The molecule has 0 bridgehead atoms. The molecule has 0 aliphatic heterocycles. The van der Waals surface area contributed by atoms with Gasteiger partial charge >= 0.3 is 0 Å². The Kier molecular flexibility index (Phi) is 4.88. The van der Waals surface area contributed by atoms with Crippen molar-refractivity contribution >= 4 is 17.3 Å². The van der Waals surface area contributed by atoms with Crippen molar-refractivity contribution in [2.24, 2.45) is 0 Å². The molecule has 0 unspecified atom stereocenters. The number of ether oxygens (including phenoxy) is 1. The molecule has 2 aromatic rings. The Morgan fingerprint density at radius 1 is 1.15 bits per heavy atom. The number of nitrogens with zero attached hydrogens (tertiary/aromatic N) is 1. The first-order chi connectivity index (χ1) is 9.58. The van der Waals surface area contributed by atoms with Crippen LogP contribution in [0.25, 0.3) is 0 Å². The number of methoxy groups -OCH3 is 1. The van der Waals surface area contributed by atoms with Crippen molar-refractivity contribution in [1.82, 2.24) is 4.90 Å². The van der Waals surface area contributed by atoms with Crippen molar-refractivity contribution in [3.8, 4) is 5.75 Å². The maximum Gasteiger partial charge on any atom is 0.123 e. The van der Waals surface area contributed by atoms with Gasteiger partial charge in [0.2, 0.25) is 0 Å². The van der Waals surface area contributed by atoms with E-state index in [9.17, 15) is 0 Å². The van der Waals surface area contributed by atoms with Gasteiger partial charge < -0.3 is 10.5 Å². The van der Waals surface area contributed by atoms with Gasteiger partial charge in [-0.05, 0) is 36.9 Å². The molecule has 4 heteroatoms. The summed E-state index contributed by atoms with van der Waals surface area (Å²) in [5, 5.41) is 0.672. The second kappa shape index (κ2) is 6.64. The maximum atomic E-state index is 6.02. The van der Waals surface area contributed by atoms with Crippen LogP contribution in [0.5, 0.6) is 5.75 Å². The average Bonchev–Trinajstić information content (AvgIpc) is 2.37. The second-order valence-electron chi connectivity index (χ2n) is 4.88. The Morgan fingerprint density at radius 2 is 1.90 bits per heavy atom. The zero-order valence-electron chi connectivity index (χ0n) is 11.8. The molecule has 0 aliphatic rings. The lowest BCUT2D eigenvalue weighted by molar-refractivity contribution is 0.310. The number of anilines is 1. The summed E-state index contributed by atoms with van der Waals surface area (Å²) in [7, 11) is 3.75. The first-order valence-corrected chi connectivity index (χ1v) is 6.81. The molecule has 0 radical (unpaired) electrons. The largest absolute Gasteiger partial charge is 0.496 e. The van der Waals surface area contributed by atoms with Gasteiger partial charge in [0.15, 0.2) is 0 Å². The van der Waals surface area contributed by atoms with Gasteiger partial charge in [-0.2, -0.15) is 0 Å². The monoisotopic (exact) mass is 290 g/mol. The van der Waals surface area contributed by atoms with Gasteiger partial charge in [0.1, 0.15) is 5.75 Å². The summed E-state index contributed by atoms with van der Waals surface area (Å²) in [6.07, 6.45) is 0. The fourth-order valence-electron chi connectivity index (χ4n) is 2.26. The average molecular weight is 291 g/mol. The molecule has 0 fully saturated rings. The highest BCUT2D eigenvalue weighted by molar-refractivity contribution is 6.30. The zero-order valence-corrected chi connectivity index (χ0v) is 12.5. The van der Waals surface area contributed by atoms with E-state index in [1.54, 1.807) is 13.2 Å². The van der Waals surface area contributed by atoms with Gasteiger partial charge in [-0.25, -0.2) is 0 Å². The van der Waals surface area contributed by atoms with E-state index in [1.807, 2.05) is 30.3 Å². The van der Waals surface area contributed by atoms with Crippen LogP contribution in [0.15, 0.2) is 42.5 Å². The van der Waals surface area contributed by atoms with Crippen LogP contribution in [0.1, 0.15) is 11.1 Å². The fourth-order valence-corrected chi connectivity index (χ4v) is 2.52. The minimum Gasteiger partial charge on any atom is -0.496 e. The highest BCUT2D eigenvalue weighted by Gasteiger charge is 2.07. The third kappa shape index (κ3) is 3.89. The third-order valence-corrected chi connectivity index (χ3v) is 3.28. The Morgan fingerprint density at radius 3 is 2.60 bits per heavy atom. The normalized spacial score (nSPS) is 10.8. The van der Waals surface area contributed by atoms with Gasteiger partial charge in [0, 0.05) is 29.4 Å². The molecule has 0 aromatic heterocycles. The van der Waals surface area contributed by atoms with Crippen LogP contribution in [0, 0.1) is 0 Å². The SMILES string of the molecule is COc1ccccc1CN(C)Cc1cc(N)cc(Cl)c1. The molecule has 0 spiro atoms. The third-order valence-electron chi connectivity index (χ3n) is 3.07. The van der Waals surface area contributed by atoms with Crippen LogP contribution in [-0.2, 0) is 13.1 Å². The molecule has 0 heterocycles. The van der Waals surface area contributed by atoms with Gasteiger partial charge in [-0.15, -0.1) is 0 Å². The van der Waals surface area contributed by atoms with E-state index in [2.05, 4.69) is 18.0 Å². The lowest BCUT2D eigenvalue weighted by atomic mass is 10.1. The van der Waals surface area contributed by atoms with Crippen molar-refractivity contribution in [1.29, 1.82) is 0 Å². The van der Waals surface area contributed by atoms with Crippen molar-refractivity contribution in [3.05, 3.63) is 58.6 Å². The van der Waals surface area contributed by atoms with Gasteiger partial charge in [0.25, 0.3) is 0 Å². The molecule has 0 atom stereocenters. The van der Waals surface area contributed by atoms with Gasteiger partial charge in [-0.1, -0.05) is 29.8 Å². The summed E-state index contributed by atoms with van der Waals surface area (Å²) >= 11 is 6.02. The number of rotatable bonds is 5. The molecule has 2 N–H and O–H groups in total. The zero-order chi connectivity index (χ0) is 14.5. The Hall–Kier alpha value is -1.71. The fraction of sp³-hybridized carbons (Fsp3) is 0.250. The predicted molar refractivity (Wildman–Crippen MR) is 84.0 cm³/mol. The predicted octanol–water partition coefficient (Wildman–Crippen LogP) is 3.56. The second-order valence-corrected chi connectivity index (χ2v) is 5.31. The minimum absolute atomic E-state index is 0.672. The van der Waals surface area contributed by atoms with E-state index >= 15 is 0 Å². The summed E-state index contributed by atoms with van der Waals surface area (Å²) in [6, 6.07) is 13.7. The molecule has 106 valence electrons. The summed E-state index contributed by atoms with van der Waals surface area (Å²) in [4.78, 5) is 2.20. The Labute approximate surface area is 124 Å². The highest BCUT2D eigenvalue weighted by atomic mass is 35.5. The van der Waals surface area contributed by atoms with Crippen LogP contribution >= 0.6 is 11.6 Å². The molecule has 0 saturated heterocycles. The Bertz CT molecular complexity index is 566. The number of nitrogens with two attached hydrogens (primary N) is 1. The molecule has 0 amide bonds. The van der Waals surface area contributed by atoms with E-state index in [-0.39, 0.29) is 0 Å². The van der Waals surface area contributed by atoms with Gasteiger partial charge in [0.05, 0.1) is 7.11 Å². The minimum atomic E-state index is 0.672. The van der Waals surface area contributed by atoms with Crippen molar-refractivity contribution in [2.45, 2.75) is 13.1 Å². The Balaban J connectivity index is 2.07. The molecule has 3 nitrogen and oxygen atoms in total. The number of nitrogen functional groups attached to an aromatic ring is 1. The number of halogens is 1. The highest BCUT2D eigenvalue weighted by Crippen LogP contribution is 2.21. The van der Waals surface area contributed by atoms with E-state index in [4.69, 9.17) is 22.1 Å². The topological polar surface area (TPSA) is 38.5 Å². The molecular formula is C16H19ClN2O. The number of hydrogen-bond donors (Lipinski definition) is 1. The number of hydrogen-bond acceptors (Lipinski definition) is 3. The van der Waals surface area contributed by atoms with E-state index < -0.39 is 0 Å². The number of benzene rings is 2. The van der Waals surface area contributed by atoms with E-state index in [0.29, 0.717) is 10.7 Å². The van der Waals surface area contributed by atoms with Crippen LogP contribution in [0.2, 0.25) is 5.02 Å². The first kappa shape index (κ1) is 14.7. The van der Waals surface area contributed by atoms with Crippen molar-refractivity contribution in [2.75, 3.05) is 19.9 Å². The molecule has 20 heavy (non-hydrogen) atoms. The van der Waals surface area contributed by atoms with Crippen LogP contribution in [0.3, 0.4) is 0 Å². The van der Waals surface area contributed by atoms with E-state index in [0.717, 1.165) is 30.0 Å². The quantitative estimate of drug-likeness (QED) is 0.856. The lowest BCUT2D eigenvalue weighted by Gasteiger charge is -2.18. The first-order valence-electron chi connectivity index (χ1n) is 6.44. The standard InChI is InChI=1S/C16H19ClN2O/c1-19(10-12-7-14(17)9-15(18)8-12)11-13-5-3-4-6-16(13)20-2/h3-9H,10-11,18H2,1-2H3. The molecular weight excluding hydrogens is 272 g/mol. The van der Waals surface area contributed by atoms with Crippen molar-refractivity contribution in [3.63, 3.8) is 0 Å².